The van der Waals surface area contributed by atoms with Crippen molar-refractivity contribution in [1.29, 1.82) is 0 Å². The zero-order valence-electron chi connectivity index (χ0n) is 5.26. The van der Waals surface area contributed by atoms with Gasteiger partial charge in [0.25, 0.3) is 0 Å². The van der Waals surface area contributed by atoms with Crippen LogP contribution in [0.2, 0.25) is 5.02 Å². The molecular formula is C6H8ClN3. The maximum Gasteiger partial charge on any atom is 0.0796 e. The monoisotopic (exact) mass is 157 g/mol. The quantitative estimate of drug-likeness (QED) is 0.494. The van der Waals surface area contributed by atoms with Gasteiger partial charge in [-0.2, -0.15) is 0 Å². The Balaban J connectivity index is 3.34. The second-order valence-corrected chi connectivity index (χ2v) is 2.37. The molecule has 0 spiro atoms. The van der Waals surface area contributed by atoms with Crippen molar-refractivity contribution in [1.82, 2.24) is 0 Å². The maximum atomic E-state index is 5.63. The van der Waals surface area contributed by atoms with E-state index < -0.39 is 0 Å². The first-order chi connectivity index (χ1) is 4.63. The Morgan fingerprint density at radius 1 is 1.00 bits per heavy atom. The molecule has 0 aromatic heterocycles. The van der Waals surface area contributed by atoms with Crippen LogP contribution in [0.15, 0.2) is 12.1 Å². The van der Waals surface area contributed by atoms with E-state index >= 15 is 0 Å². The maximum absolute atomic E-state index is 5.63. The normalized spacial score (nSPS) is 9.70. The predicted molar refractivity (Wildman–Crippen MR) is 44.7 cm³/mol. The summed E-state index contributed by atoms with van der Waals surface area (Å²) in [4.78, 5) is 0. The van der Waals surface area contributed by atoms with Crippen LogP contribution in [0.4, 0.5) is 17.1 Å². The second-order valence-electron chi connectivity index (χ2n) is 1.96. The number of halogens is 1. The summed E-state index contributed by atoms with van der Waals surface area (Å²) < 4.78 is 0. The first-order valence-corrected chi connectivity index (χ1v) is 3.09. The Morgan fingerprint density at radius 2 is 1.60 bits per heavy atom. The van der Waals surface area contributed by atoms with Gasteiger partial charge in [0, 0.05) is 0 Å². The van der Waals surface area contributed by atoms with Gasteiger partial charge in [-0.05, 0) is 12.1 Å². The van der Waals surface area contributed by atoms with Crippen molar-refractivity contribution in [2.45, 2.75) is 0 Å². The molecule has 0 saturated carbocycles. The Kier molecular flexibility index (Phi) is 1.59. The van der Waals surface area contributed by atoms with Crippen LogP contribution in [0.25, 0.3) is 0 Å². The minimum Gasteiger partial charge on any atom is -0.397 e. The number of nitrogens with two attached hydrogens (primary N) is 3. The van der Waals surface area contributed by atoms with E-state index in [1.165, 1.54) is 0 Å². The highest BCUT2D eigenvalue weighted by atomic mass is 35.5. The third-order valence-corrected chi connectivity index (χ3v) is 1.60. The molecule has 0 amide bonds. The molecule has 1 aromatic carbocycles. The molecule has 0 unspecified atom stereocenters. The number of anilines is 3. The third-order valence-electron chi connectivity index (χ3n) is 1.27. The lowest BCUT2D eigenvalue weighted by Gasteiger charge is -2.03. The van der Waals surface area contributed by atoms with Crippen molar-refractivity contribution < 1.29 is 0 Å². The highest BCUT2D eigenvalue weighted by Gasteiger charge is 2.01. The van der Waals surface area contributed by atoms with Crippen LogP contribution in [-0.2, 0) is 0 Å². The highest BCUT2D eigenvalue weighted by molar-refractivity contribution is 6.34. The molecule has 0 bridgehead atoms. The molecular weight excluding hydrogens is 150 g/mol. The van der Waals surface area contributed by atoms with Crippen molar-refractivity contribution in [2.75, 3.05) is 17.2 Å². The summed E-state index contributed by atoms with van der Waals surface area (Å²) in [5.41, 5.74) is 17.5. The second kappa shape index (κ2) is 2.27. The standard InChI is InChI=1S/C6H8ClN3/c7-3-1-2-4(8)6(10)5(3)9/h1-2H,8-10H2. The summed E-state index contributed by atoms with van der Waals surface area (Å²) in [6.07, 6.45) is 0. The number of nitrogen functional groups attached to an aromatic ring is 3. The molecule has 0 aliphatic carbocycles. The average molecular weight is 158 g/mol. The van der Waals surface area contributed by atoms with Gasteiger partial charge in [0.05, 0.1) is 22.1 Å². The number of benzene rings is 1. The SMILES string of the molecule is Nc1ccc(Cl)c(N)c1N. The zero-order valence-corrected chi connectivity index (χ0v) is 6.02. The lowest BCUT2D eigenvalue weighted by atomic mass is 10.2. The van der Waals surface area contributed by atoms with E-state index in [1.54, 1.807) is 12.1 Å². The van der Waals surface area contributed by atoms with Crippen molar-refractivity contribution in [2.24, 2.45) is 0 Å². The zero-order chi connectivity index (χ0) is 7.72. The molecule has 1 aromatic rings. The van der Waals surface area contributed by atoms with Crippen molar-refractivity contribution in [3.8, 4) is 0 Å². The van der Waals surface area contributed by atoms with E-state index in [0.29, 0.717) is 22.1 Å². The van der Waals surface area contributed by atoms with Gasteiger partial charge in [-0.25, -0.2) is 0 Å². The van der Waals surface area contributed by atoms with Gasteiger partial charge in [0.1, 0.15) is 0 Å². The van der Waals surface area contributed by atoms with Gasteiger partial charge in [-0.3, -0.25) is 0 Å². The van der Waals surface area contributed by atoms with Gasteiger partial charge < -0.3 is 17.2 Å². The molecule has 0 atom stereocenters. The highest BCUT2D eigenvalue weighted by Crippen LogP contribution is 2.29. The number of hydrogen-bond acceptors (Lipinski definition) is 3. The molecule has 4 heteroatoms. The first kappa shape index (κ1) is 7.02. The fourth-order valence-corrected chi connectivity index (χ4v) is 0.791. The summed E-state index contributed by atoms with van der Waals surface area (Å²) in [5, 5.41) is 0.437. The minimum atomic E-state index is 0.349. The van der Waals surface area contributed by atoms with E-state index in [2.05, 4.69) is 0 Å². The van der Waals surface area contributed by atoms with Gasteiger partial charge in [0.15, 0.2) is 0 Å². The van der Waals surface area contributed by atoms with Gasteiger partial charge >= 0.3 is 0 Å². The Bertz CT molecular complexity index is 232. The largest absolute Gasteiger partial charge is 0.397 e. The van der Waals surface area contributed by atoms with Gasteiger partial charge in [0.2, 0.25) is 0 Å². The first-order valence-electron chi connectivity index (χ1n) is 2.72. The fourth-order valence-electron chi connectivity index (χ4n) is 0.627. The van der Waals surface area contributed by atoms with Crippen LogP contribution in [0.3, 0.4) is 0 Å². The number of hydrogen-bond donors (Lipinski definition) is 3. The van der Waals surface area contributed by atoms with Crippen molar-refractivity contribution in [3.05, 3.63) is 17.2 Å². The van der Waals surface area contributed by atoms with E-state index in [9.17, 15) is 0 Å². The van der Waals surface area contributed by atoms with Gasteiger partial charge in [-0.15, -0.1) is 0 Å². The summed E-state index contributed by atoms with van der Waals surface area (Å²) in [7, 11) is 0. The predicted octanol–water partition coefficient (Wildman–Crippen LogP) is 1.09. The Hall–Kier alpha value is -1.09. The molecule has 0 heterocycles. The van der Waals surface area contributed by atoms with Gasteiger partial charge in [-0.1, -0.05) is 11.6 Å². The minimum absolute atomic E-state index is 0.349. The average Bonchev–Trinajstić information content (AvgIpc) is 1.93. The molecule has 3 nitrogen and oxygen atoms in total. The Morgan fingerprint density at radius 3 is 2.10 bits per heavy atom. The molecule has 0 aliphatic heterocycles. The molecule has 0 radical (unpaired) electrons. The van der Waals surface area contributed by atoms with E-state index in [0.717, 1.165) is 0 Å². The van der Waals surface area contributed by atoms with E-state index in [1.807, 2.05) is 0 Å². The molecule has 0 fully saturated rings. The van der Waals surface area contributed by atoms with Crippen LogP contribution in [0.1, 0.15) is 0 Å². The summed E-state index contributed by atoms with van der Waals surface area (Å²) >= 11 is 5.63. The third kappa shape index (κ3) is 0.953. The summed E-state index contributed by atoms with van der Waals surface area (Å²) in [6.45, 7) is 0. The van der Waals surface area contributed by atoms with E-state index in [-0.39, 0.29) is 0 Å². The van der Waals surface area contributed by atoms with Crippen LogP contribution >= 0.6 is 11.6 Å². The summed E-state index contributed by atoms with van der Waals surface area (Å²) in [5.74, 6) is 0. The topological polar surface area (TPSA) is 78.1 Å². The van der Waals surface area contributed by atoms with Crippen LogP contribution in [0.5, 0.6) is 0 Å². The van der Waals surface area contributed by atoms with Crippen LogP contribution < -0.4 is 17.2 Å². The number of rotatable bonds is 0. The van der Waals surface area contributed by atoms with E-state index in [4.69, 9.17) is 28.8 Å². The molecule has 54 valence electrons. The fraction of sp³-hybridized carbons (Fsp3) is 0. The molecule has 0 saturated heterocycles. The van der Waals surface area contributed by atoms with Crippen LogP contribution in [-0.4, -0.2) is 0 Å². The molecule has 6 N–H and O–H groups in total. The smallest absolute Gasteiger partial charge is 0.0796 e. The van der Waals surface area contributed by atoms with Crippen molar-refractivity contribution >= 4 is 28.7 Å². The lowest BCUT2D eigenvalue weighted by molar-refractivity contribution is 1.65. The Labute approximate surface area is 63.8 Å². The summed E-state index contributed by atoms with van der Waals surface area (Å²) in [6, 6.07) is 3.23. The van der Waals surface area contributed by atoms with Crippen LogP contribution in [0, 0.1) is 0 Å². The molecule has 10 heavy (non-hydrogen) atoms. The lowest BCUT2D eigenvalue weighted by Crippen LogP contribution is -1.99. The van der Waals surface area contributed by atoms with Crippen molar-refractivity contribution in [3.63, 3.8) is 0 Å². The molecule has 1 rings (SSSR count). The molecule has 0 aliphatic rings.